The van der Waals surface area contributed by atoms with E-state index in [4.69, 9.17) is 10.9 Å². The van der Waals surface area contributed by atoms with Crippen LogP contribution >= 0.6 is 0 Å². The summed E-state index contributed by atoms with van der Waals surface area (Å²) in [4.78, 5) is 8.79. The maximum absolute atomic E-state index is 8.75. The third kappa shape index (κ3) is 2.61. The predicted molar refractivity (Wildman–Crippen MR) is 79.5 cm³/mol. The lowest BCUT2D eigenvalue weighted by Gasteiger charge is -2.15. The van der Waals surface area contributed by atoms with Crippen LogP contribution in [0, 0.1) is 6.92 Å². The highest BCUT2D eigenvalue weighted by Crippen LogP contribution is 2.23. The van der Waals surface area contributed by atoms with Gasteiger partial charge in [-0.3, -0.25) is 4.98 Å². The average molecular weight is 285 g/mol. The molecule has 1 aliphatic carbocycles. The second-order valence-corrected chi connectivity index (χ2v) is 5.38. The molecule has 3 N–H and O–H groups in total. The lowest BCUT2D eigenvalue weighted by molar-refractivity contribution is 0.318. The Balaban J connectivity index is 1.92. The molecule has 0 bridgehead atoms. The molecular formula is C15H19N5O. The normalized spacial score (nSPS) is 15.0. The van der Waals surface area contributed by atoms with Gasteiger partial charge in [-0.05, 0) is 50.3 Å². The summed E-state index contributed by atoms with van der Waals surface area (Å²) in [5.41, 5.74) is 9.74. The largest absolute Gasteiger partial charge is 0.409 e. The molecule has 0 spiro atoms. The zero-order chi connectivity index (χ0) is 14.8. The molecule has 2 aromatic heterocycles. The van der Waals surface area contributed by atoms with Gasteiger partial charge in [0.1, 0.15) is 11.5 Å². The Morgan fingerprint density at radius 2 is 2.24 bits per heavy atom. The average Bonchev–Trinajstić information content (AvgIpc) is 2.83. The number of oxime groups is 1. The number of pyridine rings is 1. The number of nitrogens with two attached hydrogens (primary N) is 1. The maximum atomic E-state index is 8.75. The first-order valence-corrected chi connectivity index (χ1v) is 7.16. The Bertz CT molecular complexity index is 689. The number of imidazole rings is 1. The van der Waals surface area contributed by atoms with Crippen molar-refractivity contribution in [3.05, 3.63) is 46.8 Å². The highest BCUT2D eigenvalue weighted by atomic mass is 16.4. The Morgan fingerprint density at radius 3 is 3.05 bits per heavy atom. The first-order chi connectivity index (χ1) is 10.2. The molecular weight excluding hydrogens is 266 g/mol. The molecule has 0 unspecified atom stereocenters. The number of aromatic nitrogens is 3. The molecule has 110 valence electrons. The van der Waals surface area contributed by atoms with Gasteiger partial charge in [0.25, 0.3) is 0 Å². The molecule has 0 aliphatic heterocycles. The standard InChI is InChI=1S/C15H19N5O/c1-10-18-12-4-2-3-5-14(12)20(10)9-11-6-7-17-13(8-11)15(16)19-21/h6-8,21H,2-5,9H2,1H3,(H2,16,19). The smallest absolute Gasteiger partial charge is 0.188 e. The zero-order valence-corrected chi connectivity index (χ0v) is 12.1. The fraction of sp³-hybridized carbons (Fsp3) is 0.400. The molecule has 0 radical (unpaired) electrons. The minimum absolute atomic E-state index is 0.0289. The SMILES string of the molecule is Cc1nc2c(n1Cc1ccnc(/C(N)=N/O)c1)CCCC2. The van der Waals surface area contributed by atoms with Crippen molar-refractivity contribution in [2.24, 2.45) is 10.9 Å². The molecule has 0 saturated carbocycles. The van der Waals surface area contributed by atoms with E-state index in [9.17, 15) is 0 Å². The summed E-state index contributed by atoms with van der Waals surface area (Å²) in [7, 11) is 0. The molecule has 0 aromatic carbocycles. The van der Waals surface area contributed by atoms with E-state index in [1.54, 1.807) is 6.20 Å². The lowest BCUT2D eigenvalue weighted by atomic mass is 10.0. The van der Waals surface area contributed by atoms with Crippen molar-refractivity contribution in [3.8, 4) is 0 Å². The van der Waals surface area contributed by atoms with E-state index in [0.29, 0.717) is 5.69 Å². The fourth-order valence-electron chi connectivity index (χ4n) is 2.89. The van der Waals surface area contributed by atoms with Crippen molar-refractivity contribution in [2.75, 3.05) is 0 Å². The van der Waals surface area contributed by atoms with Crippen LogP contribution < -0.4 is 5.73 Å². The summed E-state index contributed by atoms with van der Waals surface area (Å²) in [6, 6.07) is 3.80. The quantitative estimate of drug-likeness (QED) is 0.388. The van der Waals surface area contributed by atoms with Gasteiger partial charge in [-0.2, -0.15) is 0 Å². The van der Waals surface area contributed by atoms with E-state index in [2.05, 4.69) is 19.7 Å². The Morgan fingerprint density at radius 1 is 1.43 bits per heavy atom. The van der Waals surface area contributed by atoms with Gasteiger partial charge >= 0.3 is 0 Å². The van der Waals surface area contributed by atoms with E-state index < -0.39 is 0 Å². The van der Waals surface area contributed by atoms with Crippen LogP contribution in [-0.2, 0) is 19.4 Å². The van der Waals surface area contributed by atoms with Crippen molar-refractivity contribution in [1.82, 2.24) is 14.5 Å². The molecule has 0 amide bonds. The Hall–Kier alpha value is -2.37. The van der Waals surface area contributed by atoms with E-state index in [1.807, 2.05) is 19.1 Å². The Kier molecular flexibility index (Phi) is 3.60. The van der Waals surface area contributed by atoms with E-state index in [0.717, 1.165) is 30.8 Å². The van der Waals surface area contributed by atoms with Crippen LogP contribution in [0.5, 0.6) is 0 Å². The van der Waals surface area contributed by atoms with Gasteiger partial charge < -0.3 is 15.5 Å². The first-order valence-electron chi connectivity index (χ1n) is 7.16. The van der Waals surface area contributed by atoms with Gasteiger partial charge in [-0.25, -0.2) is 4.98 Å². The summed E-state index contributed by atoms with van der Waals surface area (Å²) < 4.78 is 2.26. The van der Waals surface area contributed by atoms with Crippen molar-refractivity contribution >= 4 is 5.84 Å². The maximum Gasteiger partial charge on any atom is 0.188 e. The van der Waals surface area contributed by atoms with E-state index in [-0.39, 0.29) is 5.84 Å². The molecule has 21 heavy (non-hydrogen) atoms. The minimum atomic E-state index is 0.0289. The molecule has 1 aliphatic rings. The molecule has 2 aromatic rings. The summed E-state index contributed by atoms with van der Waals surface area (Å²) in [5, 5.41) is 11.7. The third-order valence-electron chi connectivity index (χ3n) is 3.96. The van der Waals surface area contributed by atoms with Crippen LogP contribution in [0.15, 0.2) is 23.5 Å². The summed E-state index contributed by atoms with van der Waals surface area (Å²) in [6.45, 7) is 2.78. The Labute approximate surface area is 123 Å². The minimum Gasteiger partial charge on any atom is -0.409 e. The van der Waals surface area contributed by atoms with Crippen LogP contribution in [0.4, 0.5) is 0 Å². The number of nitrogens with zero attached hydrogens (tertiary/aromatic N) is 4. The number of hydrogen-bond acceptors (Lipinski definition) is 4. The lowest BCUT2D eigenvalue weighted by Crippen LogP contribution is -2.16. The van der Waals surface area contributed by atoms with Crippen LogP contribution in [0.1, 0.15) is 41.3 Å². The second-order valence-electron chi connectivity index (χ2n) is 5.38. The molecule has 0 fully saturated rings. The molecule has 0 atom stereocenters. The number of rotatable bonds is 3. The third-order valence-corrected chi connectivity index (χ3v) is 3.96. The van der Waals surface area contributed by atoms with Gasteiger partial charge in [0.15, 0.2) is 5.84 Å². The van der Waals surface area contributed by atoms with Crippen LogP contribution in [0.3, 0.4) is 0 Å². The summed E-state index contributed by atoms with van der Waals surface area (Å²) >= 11 is 0. The highest BCUT2D eigenvalue weighted by molar-refractivity contribution is 5.95. The predicted octanol–water partition coefficient (Wildman–Crippen LogP) is 1.61. The number of fused-ring (bicyclic) bond motifs is 1. The molecule has 2 heterocycles. The summed E-state index contributed by atoms with van der Waals surface area (Å²) in [5.74, 6) is 1.07. The van der Waals surface area contributed by atoms with Gasteiger partial charge in [0.2, 0.25) is 0 Å². The van der Waals surface area contributed by atoms with Crippen molar-refractivity contribution in [1.29, 1.82) is 0 Å². The van der Waals surface area contributed by atoms with Gasteiger partial charge in [0, 0.05) is 18.4 Å². The zero-order valence-electron chi connectivity index (χ0n) is 12.1. The monoisotopic (exact) mass is 285 g/mol. The van der Waals surface area contributed by atoms with Gasteiger partial charge in [-0.15, -0.1) is 0 Å². The fourth-order valence-corrected chi connectivity index (χ4v) is 2.89. The number of aryl methyl sites for hydroxylation is 2. The van der Waals surface area contributed by atoms with E-state index in [1.165, 1.54) is 24.2 Å². The number of hydrogen-bond donors (Lipinski definition) is 2. The van der Waals surface area contributed by atoms with Crippen molar-refractivity contribution in [2.45, 2.75) is 39.2 Å². The molecule has 3 rings (SSSR count). The highest BCUT2D eigenvalue weighted by Gasteiger charge is 2.18. The van der Waals surface area contributed by atoms with Crippen molar-refractivity contribution in [3.63, 3.8) is 0 Å². The van der Waals surface area contributed by atoms with Gasteiger partial charge in [-0.1, -0.05) is 5.16 Å². The molecule has 6 nitrogen and oxygen atoms in total. The molecule has 6 heteroatoms. The van der Waals surface area contributed by atoms with Gasteiger partial charge in [0.05, 0.1) is 5.69 Å². The van der Waals surface area contributed by atoms with Crippen LogP contribution in [-0.4, -0.2) is 25.6 Å². The van der Waals surface area contributed by atoms with Crippen LogP contribution in [0.2, 0.25) is 0 Å². The van der Waals surface area contributed by atoms with Crippen LogP contribution in [0.25, 0.3) is 0 Å². The number of amidine groups is 1. The second kappa shape index (κ2) is 5.55. The first kappa shape index (κ1) is 13.6. The summed E-state index contributed by atoms with van der Waals surface area (Å²) in [6.07, 6.45) is 6.31. The van der Waals surface area contributed by atoms with Crippen molar-refractivity contribution < 1.29 is 5.21 Å². The topological polar surface area (TPSA) is 89.3 Å². The van der Waals surface area contributed by atoms with E-state index >= 15 is 0 Å². The molecule has 0 saturated heterocycles.